The van der Waals surface area contributed by atoms with Gasteiger partial charge in [-0.25, -0.2) is 24.5 Å². The minimum absolute atomic E-state index is 0.126. The lowest BCUT2D eigenvalue weighted by atomic mass is 9.73. The largest absolute Gasteiger partial charge is 0.464 e. The molecule has 5 rings (SSSR count). The van der Waals surface area contributed by atoms with Gasteiger partial charge in [0.15, 0.2) is 11.5 Å². The summed E-state index contributed by atoms with van der Waals surface area (Å²) in [6.45, 7) is 12.3. The number of anilines is 2. The van der Waals surface area contributed by atoms with Crippen molar-refractivity contribution >= 4 is 47.1 Å². The maximum Gasteiger partial charge on any atom is 0.407 e. The van der Waals surface area contributed by atoms with Gasteiger partial charge in [0.2, 0.25) is 0 Å². The molecular formula is C30H41ClN6O6S. The van der Waals surface area contributed by atoms with Crippen molar-refractivity contribution in [3.8, 4) is 0 Å². The van der Waals surface area contributed by atoms with E-state index in [9.17, 15) is 14.7 Å². The Bertz CT molecular complexity index is 1380. The standard InChI is InChI=1S/C30H41ClN6O6S/c1-17(38)19-14-37(15-19)25-22(31)20(7-10-32-25)44-21-13-33-26(23(34-21)27(39)41-6)36-11-8-30(9-12-36)16-42-18(2)24(30)35-28(40)43-29(3,4)5/h7,10,13,17-19,24,38H,8-9,11-12,14-16H2,1-6H3,(H,35,40)/t17?,18-,24+/m0/s1. The molecule has 1 unspecified atom stereocenters. The van der Waals surface area contributed by atoms with E-state index < -0.39 is 17.7 Å². The summed E-state index contributed by atoms with van der Waals surface area (Å²) in [4.78, 5) is 44.1. The number of rotatable bonds is 7. The highest BCUT2D eigenvalue weighted by molar-refractivity contribution is 7.99. The van der Waals surface area contributed by atoms with Crippen molar-refractivity contribution in [2.75, 3.05) is 49.7 Å². The van der Waals surface area contributed by atoms with E-state index in [1.54, 1.807) is 25.4 Å². The number of ether oxygens (including phenoxy) is 3. The van der Waals surface area contributed by atoms with Crippen LogP contribution in [-0.2, 0) is 14.2 Å². The van der Waals surface area contributed by atoms with Crippen LogP contribution in [-0.4, -0.2) is 95.9 Å². The number of aliphatic hydroxyl groups excluding tert-OH is 1. The summed E-state index contributed by atoms with van der Waals surface area (Å²) in [6, 6.07) is 1.60. The number of pyridine rings is 1. The van der Waals surface area contributed by atoms with Crippen LogP contribution in [0.15, 0.2) is 28.4 Å². The van der Waals surface area contributed by atoms with Gasteiger partial charge >= 0.3 is 12.1 Å². The van der Waals surface area contributed by atoms with Crippen LogP contribution in [0, 0.1) is 11.3 Å². The van der Waals surface area contributed by atoms with E-state index in [1.165, 1.54) is 18.9 Å². The van der Waals surface area contributed by atoms with Crippen LogP contribution in [0.25, 0.3) is 0 Å². The van der Waals surface area contributed by atoms with Crippen molar-refractivity contribution in [1.82, 2.24) is 20.3 Å². The Morgan fingerprint density at radius 2 is 1.91 bits per heavy atom. The maximum absolute atomic E-state index is 12.9. The molecule has 3 aliphatic heterocycles. The number of carbonyl (C=O) groups excluding carboxylic acids is 2. The average Bonchev–Trinajstić information content (AvgIpc) is 3.22. The van der Waals surface area contributed by atoms with Crippen LogP contribution in [0.4, 0.5) is 16.4 Å². The van der Waals surface area contributed by atoms with Gasteiger partial charge in [0.25, 0.3) is 0 Å². The molecule has 14 heteroatoms. The number of halogens is 1. The topological polar surface area (TPSA) is 139 Å². The Morgan fingerprint density at radius 1 is 1.20 bits per heavy atom. The summed E-state index contributed by atoms with van der Waals surface area (Å²) < 4.78 is 16.6. The molecule has 2 aromatic heterocycles. The zero-order chi connectivity index (χ0) is 31.8. The van der Waals surface area contributed by atoms with Gasteiger partial charge in [-0.05, 0) is 53.5 Å². The van der Waals surface area contributed by atoms with E-state index in [2.05, 4.69) is 20.3 Å². The molecule has 2 aromatic rings. The highest BCUT2D eigenvalue weighted by Crippen LogP contribution is 2.44. The summed E-state index contributed by atoms with van der Waals surface area (Å²) in [7, 11) is 1.32. The molecule has 0 saturated carbocycles. The fraction of sp³-hybridized carbons (Fsp3) is 0.633. The highest BCUT2D eigenvalue weighted by Gasteiger charge is 2.51. The molecule has 0 radical (unpaired) electrons. The summed E-state index contributed by atoms with van der Waals surface area (Å²) in [5, 5.41) is 13.9. The fourth-order valence-electron chi connectivity index (χ4n) is 6.00. The number of alkyl carbamates (subject to hydrolysis) is 1. The molecule has 5 heterocycles. The van der Waals surface area contributed by atoms with Gasteiger partial charge in [-0.2, -0.15) is 0 Å². The Labute approximate surface area is 267 Å². The predicted octanol–water partition coefficient (Wildman–Crippen LogP) is 4.18. The molecule has 240 valence electrons. The van der Waals surface area contributed by atoms with E-state index in [4.69, 9.17) is 25.8 Å². The number of amides is 1. The number of hydrogen-bond donors (Lipinski definition) is 2. The van der Waals surface area contributed by atoms with Gasteiger partial charge in [0, 0.05) is 48.6 Å². The van der Waals surface area contributed by atoms with Crippen molar-refractivity contribution in [3.63, 3.8) is 0 Å². The van der Waals surface area contributed by atoms with Gasteiger partial charge in [-0.1, -0.05) is 23.4 Å². The summed E-state index contributed by atoms with van der Waals surface area (Å²) >= 11 is 8.03. The van der Waals surface area contributed by atoms with E-state index in [1.807, 2.05) is 37.5 Å². The minimum atomic E-state index is -0.598. The first kappa shape index (κ1) is 32.5. The first-order valence-electron chi connectivity index (χ1n) is 14.9. The molecule has 0 aromatic carbocycles. The fourth-order valence-corrected chi connectivity index (χ4v) is 7.13. The molecular weight excluding hydrogens is 608 g/mol. The molecule has 3 atom stereocenters. The van der Waals surface area contributed by atoms with Crippen molar-refractivity contribution in [3.05, 3.63) is 29.2 Å². The lowest BCUT2D eigenvalue weighted by Crippen LogP contribution is -2.55. The SMILES string of the molecule is COC(=O)c1nc(Sc2ccnc(N3CC(C(C)O)C3)c2Cl)cnc1N1CCC2(CC1)CO[C@@H](C)[C@H]2NC(=O)OC(C)(C)C. The maximum atomic E-state index is 12.9. The van der Waals surface area contributed by atoms with Crippen molar-refractivity contribution in [2.45, 2.75) is 81.2 Å². The molecule has 1 amide bonds. The lowest BCUT2D eigenvalue weighted by Gasteiger charge is -2.43. The number of esters is 1. The number of carbonyl (C=O) groups is 2. The average molecular weight is 649 g/mol. The van der Waals surface area contributed by atoms with Gasteiger partial charge in [0.1, 0.15) is 16.4 Å². The van der Waals surface area contributed by atoms with Crippen LogP contribution in [0.1, 0.15) is 57.9 Å². The molecule has 44 heavy (non-hydrogen) atoms. The van der Waals surface area contributed by atoms with Crippen LogP contribution in [0.5, 0.6) is 0 Å². The third-order valence-electron chi connectivity index (χ3n) is 8.55. The monoisotopic (exact) mass is 648 g/mol. The van der Waals surface area contributed by atoms with E-state index >= 15 is 0 Å². The van der Waals surface area contributed by atoms with Crippen molar-refractivity contribution in [1.29, 1.82) is 0 Å². The van der Waals surface area contributed by atoms with Gasteiger partial charge in [-0.15, -0.1) is 0 Å². The van der Waals surface area contributed by atoms with Gasteiger partial charge in [-0.3, -0.25) is 0 Å². The molecule has 12 nitrogen and oxygen atoms in total. The quantitative estimate of drug-likeness (QED) is 0.416. The zero-order valence-electron chi connectivity index (χ0n) is 26.0. The van der Waals surface area contributed by atoms with Crippen molar-refractivity contribution < 1.29 is 28.9 Å². The second kappa shape index (κ2) is 12.9. The Kier molecular flexibility index (Phi) is 9.50. The van der Waals surface area contributed by atoms with Crippen molar-refractivity contribution in [2.24, 2.45) is 11.3 Å². The summed E-state index contributed by atoms with van der Waals surface area (Å²) in [5.74, 6) is 0.708. The molecule has 3 aliphatic rings. The number of piperidine rings is 1. The van der Waals surface area contributed by atoms with Crippen LogP contribution in [0.3, 0.4) is 0 Å². The Balaban J connectivity index is 1.30. The first-order chi connectivity index (χ1) is 20.8. The normalized spacial score (nSPS) is 22.5. The second-order valence-corrected chi connectivity index (χ2v) is 14.3. The predicted molar refractivity (Wildman–Crippen MR) is 167 cm³/mol. The van der Waals surface area contributed by atoms with E-state index in [0.29, 0.717) is 54.5 Å². The lowest BCUT2D eigenvalue weighted by molar-refractivity contribution is 0.0433. The third kappa shape index (κ3) is 6.85. The van der Waals surface area contributed by atoms with Gasteiger partial charge in [0.05, 0.1) is 43.2 Å². The number of aliphatic hydroxyl groups is 1. The Morgan fingerprint density at radius 3 is 2.55 bits per heavy atom. The van der Waals surface area contributed by atoms with Crippen LogP contribution >= 0.6 is 23.4 Å². The minimum Gasteiger partial charge on any atom is -0.464 e. The molecule has 0 aliphatic carbocycles. The number of hydrogen-bond acceptors (Lipinski definition) is 12. The zero-order valence-corrected chi connectivity index (χ0v) is 27.6. The number of aromatic nitrogens is 3. The Hall–Kier alpha value is -2.87. The summed E-state index contributed by atoms with van der Waals surface area (Å²) in [5.41, 5.74) is -0.733. The molecule has 2 N–H and O–H groups in total. The van der Waals surface area contributed by atoms with E-state index in [0.717, 1.165) is 17.7 Å². The smallest absolute Gasteiger partial charge is 0.407 e. The molecule has 3 fully saturated rings. The first-order valence-corrected chi connectivity index (χ1v) is 16.1. The molecule has 3 saturated heterocycles. The third-order valence-corrected chi connectivity index (χ3v) is 10.00. The molecule has 0 bridgehead atoms. The summed E-state index contributed by atoms with van der Waals surface area (Å²) in [6.07, 6.45) is 3.76. The van der Waals surface area contributed by atoms with E-state index in [-0.39, 0.29) is 35.3 Å². The number of nitrogens with one attached hydrogen (secondary N) is 1. The van der Waals surface area contributed by atoms with Gasteiger partial charge < -0.3 is 34.4 Å². The molecule has 1 spiro atoms. The number of nitrogens with zero attached hydrogens (tertiary/aromatic N) is 5. The highest BCUT2D eigenvalue weighted by atomic mass is 35.5. The second-order valence-electron chi connectivity index (χ2n) is 12.8. The van der Waals surface area contributed by atoms with Crippen LogP contribution in [0.2, 0.25) is 5.02 Å². The van der Waals surface area contributed by atoms with Crippen LogP contribution < -0.4 is 15.1 Å². The number of methoxy groups -OCH3 is 1.